The monoisotopic (exact) mass is 463 g/mol. The quantitative estimate of drug-likeness (QED) is 0.514. The maximum atomic E-state index is 13.5. The number of hydrogen-bond donors (Lipinski definition) is 0. The van der Waals surface area contributed by atoms with Gasteiger partial charge in [0.25, 0.3) is 0 Å². The third-order valence-electron chi connectivity index (χ3n) is 5.66. The number of likely N-dealkylation sites (tertiary alicyclic amines) is 1. The Morgan fingerprint density at radius 1 is 1.00 bits per heavy atom. The standard InChI is InChI=1S/C25H28F3NO4/c1-15-13-29(23(31)33-24(2,3)4)14-21(15)19-11-10-18(25(26,27)28)12-20(19)16-6-8-17(9-7-16)22(30)32-5/h6-12,15,21H,13-14H2,1-5H3. The fourth-order valence-electron chi connectivity index (χ4n) is 4.06. The van der Waals surface area contributed by atoms with E-state index in [0.29, 0.717) is 35.3 Å². The van der Waals surface area contributed by atoms with Crippen LogP contribution in [0.3, 0.4) is 0 Å². The van der Waals surface area contributed by atoms with Crippen LogP contribution in [-0.4, -0.2) is 42.8 Å². The van der Waals surface area contributed by atoms with Crippen molar-refractivity contribution in [2.24, 2.45) is 5.92 Å². The smallest absolute Gasteiger partial charge is 0.416 e. The highest BCUT2D eigenvalue weighted by molar-refractivity contribution is 5.90. The number of methoxy groups -OCH3 is 1. The molecule has 1 aliphatic rings. The summed E-state index contributed by atoms with van der Waals surface area (Å²) in [6.07, 6.45) is -4.93. The molecule has 1 heterocycles. The zero-order chi connectivity index (χ0) is 24.6. The normalized spacial score (nSPS) is 18.8. The van der Waals surface area contributed by atoms with E-state index < -0.39 is 29.4 Å². The summed E-state index contributed by atoms with van der Waals surface area (Å²) in [4.78, 5) is 25.9. The summed E-state index contributed by atoms with van der Waals surface area (Å²) < 4.78 is 50.6. The molecule has 2 unspecified atom stereocenters. The molecule has 0 aliphatic carbocycles. The molecule has 2 aromatic rings. The summed E-state index contributed by atoms with van der Waals surface area (Å²) >= 11 is 0. The number of amides is 1. The van der Waals surface area contributed by atoms with Gasteiger partial charge in [0.1, 0.15) is 5.60 Å². The minimum absolute atomic E-state index is 0.0161. The first-order valence-corrected chi connectivity index (χ1v) is 10.7. The van der Waals surface area contributed by atoms with E-state index in [2.05, 4.69) is 0 Å². The van der Waals surface area contributed by atoms with E-state index in [9.17, 15) is 22.8 Å². The van der Waals surface area contributed by atoms with Crippen LogP contribution in [0.25, 0.3) is 11.1 Å². The van der Waals surface area contributed by atoms with Crippen LogP contribution in [0.15, 0.2) is 42.5 Å². The van der Waals surface area contributed by atoms with Crippen LogP contribution in [0.2, 0.25) is 0 Å². The van der Waals surface area contributed by atoms with Gasteiger partial charge in [-0.05, 0) is 67.6 Å². The van der Waals surface area contributed by atoms with Gasteiger partial charge in [0, 0.05) is 19.0 Å². The molecular weight excluding hydrogens is 435 g/mol. The van der Waals surface area contributed by atoms with Gasteiger partial charge in [-0.1, -0.05) is 25.1 Å². The minimum Gasteiger partial charge on any atom is -0.465 e. The lowest BCUT2D eigenvalue weighted by Gasteiger charge is -2.24. The van der Waals surface area contributed by atoms with E-state index in [-0.39, 0.29) is 11.8 Å². The summed E-state index contributed by atoms with van der Waals surface area (Å²) in [6, 6.07) is 9.96. The maximum Gasteiger partial charge on any atom is 0.416 e. The highest BCUT2D eigenvalue weighted by Gasteiger charge is 2.38. The minimum atomic E-state index is -4.50. The lowest BCUT2D eigenvalue weighted by atomic mass is 9.84. The first kappa shape index (κ1) is 24.6. The SMILES string of the molecule is COC(=O)c1ccc(-c2cc(C(F)(F)F)ccc2C2CN(C(=O)OC(C)(C)C)CC2C)cc1. The Bertz CT molecular complexity index is 1030. The summed E-state index contributed by atoms with van der Waals surface area (Å²) in [5.74, 6) is -0.680. The number of alkyl halides is 3. The molecule has 0 aromatic heterocycles. The molecule has 0 bridgehead atoms. The lowest BCUT2D eigenvalue weighted by molar-refractivity contribution is -0.137. The zero-order valence-corrected chi connectivity index (χ0v) is 19.3. The van der Waals surface area contributed by atoms with Crippen molar-refractivity contribution in [2.45, 2.75) is 45.4 Å². The average molecular weight is 463 g/mol. The molecule has 1 amide bonds. The molecule has 33 heavy (non-hydrogen) atoms. The highest BCUT2D eigenvalue weighted by atomic mass is 19.4. The number of benzene rings is 2. The molecule has 1 saturated heterocycles. The van der Waals surface area contributed by atoms with Crippen molar-refractivity contribution in [2.75, 3.05) is 20.2 Å². The average Bonchev–Trinajstić information content (AvgIpc) is 3.12. The second-order valence-electron chi connectivity index (χ2n) is 9.34. The molecular formula is C25H28F3NO4. The number of rotatable bonds is 3. The molecule has 0 N–H and O–H groups in total. The van der Waals surface area contributed by atoms with Crippen LogP contribution in [0.1, 0.15) is 55.1 Å². The molecule has 1 aliphatic heterocycles. The number of esters is 1. The van der Waals surface area contributed by atoms with Gasteiger partial charge in [-0.2, -0.15) is 13.2 Å². The van der Waals surface area contributed by atoms with E-state index in [1.54, 1.807) is 37.8 Å². The predicted molar refractivity (Wildman–Crippen MR) is 118 cm³/mol. The largest absolute Gasteiger partial charge is 0.465 e. The van der Waals surface area contributed by atoms with Crippen molar-refractivity contribution in [1.82, 2.24) is 4.90 Å². The zero-order valence-electron chi connectivity index (χ0n) is 19.3. The van der Waals surface area contributed by atoms with Gasteiger partial charge in [0.2, 0.25) is 0 Å². The molecule has 0 radical (unpaired) electrons. The number of carbonyl (C=O) groups excluding carboxylic acids is 2. The second kappa shape index (κ2) is 9.08. The highest BCUT2D eigenvalue weighted by Crippen LogP contribution is 2.41. The van der Waals surface area contributed by atoms with Crippen LogP contribution in [-0.2, 0) is 15.7 Å². The topological polar surface area (TPSA) is 55.8 Å². The molecule has 5 nitrogen and oxygen atoms in total. The summed E-state index contributed by atoms with van der Waals surface area (Å²) in [5.41, 5.74) is 0.593. The van der Waals surface area contributed by atoms with Gasteiger partial charge in [-0.25, -0.2) is 9.59 Å². The van der Waals surface area contributed by atoms with Crippen molar-refractivity contribution in [1.29, 1.82) is 0 Å². The number of ether oxygens (including phenoxy) is 2. The van der Waals surface area contributed by atoms with E-state index in [4.69, 9.17) is 9.47 Å². The summed E-state index contributed by atoms with van der Waals surface area (Å²) in [7, 11) is 1.26. The van der Waals surface area contributed by atoms with Crippen LogP contribution >= 0.6 is 0 Å². The van der Waals surface area contributed by atoms with Crippen molar-refractivity contribution in [3.05, 3.63) is 59.2 Å². The van der Waals surface area contributed by atoms with Gasteiger partial charge in [-0.3, -0.25) is 0 Å². The predicted octanol–water partition coefficient (Wildman–Crippen LogP) is 6.13. The fraction of sp³-hybridized carbons (Fsp3) is 0.440. The van der Waals surface area contributed by atoms with Gasteiger partial charge < -0.3 is 14.4 Å². The maximum absolute atomic E-state index is 13.5. The van der Waals surface area contributed by atoms with Crippen LogP contribution < -0.4 is 0 Å². The molecule has 2 atom stereocenters. The Balaban J connectivity index is 2.00. The van der Waals surface area contributed by atoms with Gasteiger partial charge >= 0.3 is 18.2 Å². The number of carbonyl (C=O) groups is 2. The van der Waals surface area contributed by atoms with E-state index in [1.165, 1.54) is 25.3 Å². The fourth-order valence-corrected chi connectivity index (χ4v) is 4.06. The first-order chi connectivity index (χ1) is 15.3. The van der Waals surface area contributed by atoms with Gasteiger partial charge in [-0.15, -0.1) is 0 Å². The lowest BCUT2D eigenvalue weighted by Crippen LogP contribution is -2.35. The van der Waals surface area contributed by atoms with Crippen molar-refractivity contribution in [3.8, 4) is 11.1 Å². The molecule has 0 spiro atoms. The van der Waals surface area contributed by atoms with Crippen molar-refractivity contribution >= 4 is 12.1 Å². The van der Waals surface area contributed by atoms with E-state index in [1.807, 2.05) is 6.92 Å². The Hall–Kier alpha value is -3.03. The molecule has 0 saturated carbocycles. The van der Waals surface area contributed by atoms with E-state index in [0.717, 1.165) is 12.1 Å². The Morgan fingerprint density at radius 3 is 2.18 bits per heavy atom. The summed E-state index contributed by atoms with van der Waals surface area (Å²) in [5, 5.41) is 0. The van der Waals surface area contributed by atoms with Crippen LogP contribution in [0.5, 0.6) is 0 Å². The van der Waals surface area contributed by atoms with Crippen LogP contribution in [0.4, 0.5) is 18.0 Å². The molecule has 3 rings (SSSR count). The molecule has 1 fully saturated rings. The van der Waals surface area contributed by atoms with Crippen molar-refractivity contribution < 1.29 is 32.2 Å². The molecule has 178 valence electrons. The van der Waals surface area contributed by atoms with Gasteiger partial charge in [0.15, 0.2) is 0 Å². The number of nitrogens with zero attached hydrogens (tertiary/aromatic N) is 1. The first-order valence-electron chi connectivity index (χ1n) is 10.7. The van der Waals surface area contributed by atoms with Gasteiger partial charge in [0.05, 0.1) is 18.2 Å². The Morgan fingerprint density at radius 2 is 1.64 bits per heavy atom. The van der Waals surface area contributed by atoms with Crippen LogP contribution in [0, 0.1) is 5.92 Å². The van der Waals surface area contributed by atoms with E-state index >= 15 is 0 Å². The second-order valence-corrected chi connectivity index (χ2v) is 9.34. The Labute approximate surface area is 191 Å². The molecule has 8 heteroatoms. The molecule has 2 aromatic carbocycles. The number of hydrogen-bond acceptors (Lipinski definition) is 4. The third kappa shape index (κ3) is 5.67. The van der Waals surface area contributed by atoms with Crippen molar-refractivity contribution in [3.63, 3.8) is 0 Å². The third-order valence-corrected chi connectivity index (χ3v) is 5.66. The Kier molecular flexibility index (Phi) is 6.77. The number of halogens is 3. The summed E-state index contributed by atoms with van der Waals surface area (Å²) in [6.45, 7) is 8.11.